The Hall–Kier alpha value is -1.33. The Kier molecular flexibility index (Phi) is 2.75. The second kappa shape index (κ2) is 4.04. The fourth-order valence-corrected chi connectivity index (χ4v) is 1.50. The highest BCUT2D eigenvalue weighted by atomic mass is 16.4. The third-order valence-electron chi connectivity index (χ3n) is 2.60. The number of hydrogen-bond acceptors (Lipinski definition) is 3. The van der Waals surface area contributed by atoms with Crippen molar-refractivity contribution in [1.82, 2.24) is 4.90 Å². The molecule has 0 aliphatic carbocycles. The van der Waals surface area contributed by atoms with E-state index in [0.29, 0.717) is 11.0 Å². The van der Waals surface area contributed by atoms with Crippen LogP contribution < -0.4 is 5.46 Å². The summed E-state index contributed by atoms with van der Waals surface area (Å²) in [6.07, 6.45) is 1.07. The maximum Gasteiger partial charge on any atom is 0.488 e. The molecule has 4 nitrogen and oxygen atoms in total. The molecular formula is C10H12BNO3. The average Bonchev–Trinajstić information content (AvgIpc) is 2.15. The molecule has 0 bridgehead atoms. The van der Waals surface area contributed by atoms with E-state index in [4.69, 9.17) is 10.0 Å². The standard InChI is InChI=1S/C10H12BNO3/c13-10(12-6-1-7-12)8-2-4-9(5-3-8)11(14)15/h2-5,14-15H,1,6-7H2. The van der Waals surface area contributed by atoms with Crippen LogP contribution >= 0.6 is 0 Å². The second-order valence-corrected chi connectivity index (χ2v) is 3.64. The van der Waals surface area contributed by atoms with Gasteiger partial charge in [0.25, 0.3) is 5.91 Å². The number of carbonyl (C=O) groups excluding carboxylic acids is 1. The first-order valence-electron chi connectivity index (χ1n) is 4.94. The van der Waals surface area contributed by atoms with Crippen LogP contribution in [0.3, 0.4) is 0 Å². The number of rotatable bonds is 2. The molecule has 0 saturated carbocycles. The summed E-state index contributed by atoms with van der Waals surface area (Å²) in [5.74, 6) is 0.0141. The van der Waals surface area contributed by atoms with Gasteiger partial charge >= 0.3 is 7.12 Å². The topological polar surface area (TPSA) is 60.8 Å². The average molecular weight is 205 g/mol. The van der Waals surface area contributed by atoms with E-state index in [0.717, 1.165) is 19.5 Å². The molecule has 0 aromatic heterocycles. The molecule has 2 rings (SSSR count). The summed E-state index contributed by atoms with van der Waals surface area (Å²) in [6.45, 7) is 1.65. The van der Waals surface area contributed by atoms with Crippen molar-refractivity contribution in [1.29, 1.82) is 0 Å². The minimum atomic E-state index is -1.47. The number of hydrogen-bond donors (Lipinski definition) is 2. The Morgan fingerprint density at radius 3 is 2.20 bits per heavy atom. The molecule has 1 aromatic rings. The van der Waals surface area contributed by atoms with Crippen LogP contribution in [0.25, 0.3) is 0 Å². The van der Waals surface area contributed by atoms with Gasteiger partial charge in [0.15, 0.2) is 0 Å². The molecule has 0 atom stereocenters. The van der Waals surface area contributed by atoms with Crippen molar-refractivity contribution < 1.29 is 14.8 Å². The Balaban J connectivity index is 2.12. The predicted octanol–water partition coefficient (Wildman–Crippen LogP) is -0.788. The van der Waals surface area contributed by atoms with Crippen molar-refractivity contribution in [2.75, 3.05) is 13.1 Å². The van der Waals surface area contributed by atoms with E-state index in [2.05, 4.69) is 0 Å². The zero-order valence-electron chi connectivity index (χ0n) is 8.26. The van der Waals surface area contributed by atoms with E-state index in [1.54, 1.807) is 29.2 Å². The van der Waals surface area contributed by atoms with E-state index in [-0.39, 0.29) is 5.91 Å². The molecule has 1 aliphatic rings. The zero-order valence-corrected chi connectivity index (χ0v) is 8.26. The molecule has 0 unspecified atom stereocenters. The van der Waals surface area contributed by atoms with Gasteiger partial charge in [0.2, 0.25) is 0 Å². The molecule has 1 aromatic carbocycles. The van der Waals surface area contributed by atoms with Gasteiger partial charge in [0.05, 0.1) is 0 Å². The van der Waals surface area contributed by atoms with Crippen LogP contribution in [0, 0.1) is 0 Å². The molecule has 2 N–H and O–H groups in total. The number of benzene rings is 1. The number of amides is 1. The fraction of sp³-hybridized carbons (Fsp3) is 0.300. The van der Waals surface area contributed by atoms with Gasteiger partial charge in [0.1, 0.15) is 0 Å². The first-order chi connectivity index (χ1) is 7.18. The minimum Gasteiger partial charge on any atom is -0.423 e. The number of nitrogens with zero attached hydrogens (tertiary/aromatic N) is 1. The highest BCUT2D eigenvalue weighted by molar-refractivity contribution is 6.58. The van der Waals surface area contributed by atoms with Gasteiger partial charge in [-0.1, -0.05) is 12.1 Å². The number of carbonyl (C=O) groups is 1. The zero-order chi connectivity index (χ0) is 10.8. The molecular weight excluding hydrogens is 193 g/mol. The maximum absolute atomic E-state index is 11.7. The molecule has 78 valence electrons. The molecule has 15 heavy (non-hydrogen) atoms. The molecule has 0 spiro atoms. The van der Waals surface area contributed by atoms with Crippen molar-refractivity contribution >= 4 is 18.5 Å². The lowest BCUT2D eigenvalue weighted by molar-refractivity contribution is 0.0652. The first-order valence-corrected chi connectivity index (χ1v) is 4.94. The third kappa shape index (κ3) is 2.03. The van der Waals surface area contributed by atoms with Gasteiger partial charge in [-0.15, -0.1) is 0 Å². The lowest BCUT2D eigenvalue weighted by Gasteiger charge is -2.30. The maximum atomic E-state index is 11.7. The van der Waals surface area contributed by atoms with E-state index < -0.39 is 7.12 Å². The molecule has 1 amide bonds. The van der Waals surface area contributed by atoms with Crippen molar-refractivity contribution in [3.05, 3.63) is 29.8 Å². The van der Waals surface area contributed by atoms with Crippen molar-refractivity contribution in [2.45, 2.75) is 6.42 Å². The van der Waals surface area contributed by atoms with Crippen LogP contribution in [-0.2, 0) is 0 Å². The summed E-state index contributed by atoms with van der Waals surface area (Å²) in [6, 6.07) is 6.35. The normalized spacial score (nSPS) is 14.7. The monoisotopic (exact) mass is 205 g/mol. The van der Waals surface area contributed by atoms with Crippen LogP contribution in [-0.4, -0.2) is 41.1 Å². The molecule has 5 heteroatoms. The summed E-state index contributed by atoms with van der Waals surface area (Å²) in [5, 5.41) is 17.8. The van der Waals surface area contributed by atoms with Crippen LogP contribution in [0.4, 0.5) is 0 Å². The Morgan fingerprint density at radius 1 is 1.20 bits per heavy atom. The molecule has 0 radical (unpaired) electrons. The Labute approximate surface area is 88.3 Å². The van der Waals surface area contributed by atoms with E-state index in [9.17, 15) is 4.79 Å². The van der Waals surface area contributed by atoms with Gasteiger partial charge < -0.3 is 14.9 Å². The second-order valence-electron chi connectivity index (χ2n) is 3.64. The van der Waals surface area contributed by atoms with Crippen LogP contribution in [0.1, 0.15) is 16.8 Å². The summed E-state index contributed by atoms with van der Waals surface area (Å²) in [5.41, 5.74) is 0.995. The van der Waals surface area contributed by atoms with Gasteiger partial charge in [0, 0.05) is 18.7 Å². The van der Waals surface area contributed by atoms with Gasteiger partial charge in [-0.2, -0.15) is 0 Å². The van der Waals surface area contributed by atoms with Gasteiger partial charge in [-0.3, -0.25) is 4.79 Å². The highest BCUT2D eigenvalue weighted by Crippen LogP contribution is 2.11. The SMILES string of the molecule is O=C(c1ccc(B(O)O)cc1)N1CCC1. The smallest absolute Gasteiger partial charge is 0.423 e. The largest absolute Gasteiger partial charge is 0.488 e. The third-order valence-corrected chi connectivity index (χ3v) is 2.60. The molecule has 1 heterocycles. The number of likely N-dealkylation sites (tertiary alicyclic amines) is 1. The summed E-state index contributed by atoms with van der Waals surface area (Å²) < 4.78 is 0. The van der Waals surface area contributed by atoms with Crippen LogP contribution in [0.2, 0.25) is 0 Å². The van der Waals surface area contributed by atoms with E-state index >= 15 is 0 Å². The van der Waals surface area contributed by atoms with Crippen molar-refractivity contribution in [3.63, 3.8) is 0 Å². The van der Waals surface area contributed by atoms with Gasteiger partial charge in [-0.25, -0.2) is 0 Å². The lowest BCUT2D eigenvalue weighted by Crippen LogP contribution is -2.42. The molecule has 1 aliphatic heterocycles. The molecule has 1 saturated heterocycles. The van der Waals surface area contributed by atoms with E-state index in [1.165, 1.54) is 0 Å². The quantitative estimate of drug-likeness (QED) is 0.622. The van der Waals surface area contributed by atoms with Crippen LogP contribution in [0.5, 0.6) is 0 Å². The summed E-state index contributed by atoms with van der Waals surface area (Å²) >= 11 is 0. The van der Waals surface area contributed by atoms with Gasteiger partial charge in [-0.05, 0) is 24.0 Å². The predicted molar refractivity (Wildman–Crippen MR) is 56.8 cm³/mol. The van der Waals surface area contributed by atoms with E-state index in [1.807, 2.05) is 0 Å². The van der Waals surface area contributed by atoms with Crippen molar-refractivity contribution in [3.8, 4) is 0 Å². The lowest BCUT2D eigenvalue weighted by atomic mass is 9.80. The Morgan fingerprint density at radius 2 is 1.80 bits per heavy atom. The first kappa shape index (κ1) is 10.2. The summed E-state index contributed by atoms with van der Waals surface area (Å²) in [7, 11) is -1.47. The minimum absolute atomic E-state index is 0.0141. The molecule has 1 fully saturated rings. The fourth-order valence-electron chi connectivity index (χ4n) is 1.50. The highest BCUT2D eigenvalue weighted by Gasteiger charge is 2.21. The Bertz CT molecular complexity index is 359. The van der Waals surface area contributed by atoms with Crippen LogP contribution in [0.15, 0.2) is 24.3 Å². The van der Waals surface area contributed by atoms with Crippen molar-refractivity contribution in [2.24, 2.45) is 0 Å². The summed E-state index contributed by atoms with van der Waals surface area (Å²) in [4.78, 5) is 13.5.